The smallest absolute Gasteiger partial charge is 0.261 e. The quantitative estimate of drug-likeness (QED) is 0.143. The second kappa shape index (κ2) is 16.5. The third kappa shape index (κ3) is 9.43. The van der Waals surface area contributed by atoms with Crippen LogP contribution in [0.5, 0.6) is 0 Å². The molecule has 216 valence electrons. The lowest BCUT2D eigenvalue weighted by Crippen LogP contribution is -2.66. The van der Waals surface area contributed by atoms with Crippen LogP contribution in [0, 0.1) is 0 Å². The summed E-state index contributed by atoms with van der Waals surface area (Å²) in [6.45, 7) is 10.8. The standard InChI is InChI=1S/C35H49NO3Si/c1-5-6-7-17-26-34(37)36-28-31(38-29-30-19-11-8-12-20-30)21-18-27-39-40(35(2,3)4,32-22-13-9-14-23-32)33-24-15-10-16-25-33/h8-16,19-20,22-25,31H,5-7,17-18,21,26-29H2,1-4H3,(H,36,37). The van der Waals surface area contributed by atoms with Gasteiger partial charge in [-0.3, -0.25) is 4.79 Å². The van der Waals surface area contributed by atoms with Gasteiger partial charge < -0.3 is 14.5 Å². The van der Waals surface area contributed by atoms with Crippen LogP contribution in [0.25, 0.3) is 0 Å². The normalized spacial score (nSPS) is 12.7. The van der Waals surface area contributed by atoms with E-state index in [0.717, 1.165) is 31.2 Å². The Balaban J connectivity index is 1.67. The zero-order valence-electron chi connectivity index (χ0n) is 25.0. The summed E-state index contributed by atoms with van der Waals surface area (Å²) >= 11 is 0. The van der Waals surface area contributed by atoms with Gasteiger partial charge in [0.2, 0.25) is 5.91 Å². The number of nitrogens with one attached hydrogen (secondary N) is 1. The molecule has 0 aliphatic rings. The number of ether oxygens (including phenoxy) is 1. The maximum absolute atomic E-state index is 12.5. The summed E-state index contributed by atoms with van der Waals surface area (Å²) in [6.07, 6.45) is 6.61. The van der Waals surface area contributed by atoms with E-state index in [2.05, 4.69) is 106 Å². The van der Waals surface area contributed by atoms with Crippen molar-refractivity contribution in [2.75, 3.05) is 13.2 Å². The van der Waals surface area contributed by atoms with E-state index >= 15 is 0 Å². The first-order chi connectivity index (χ1) is 19.4. The molecule has 0 aliphatic heterocycles. The first-order valence-corrected chi connectivity index (χ1v) is 16.9. The lowest BCUT2D eigenvalue weighted by molar-refractivity contribution is -0.122. The molecule has 3 aromatic carbocycles. The van der Waals surface area contributed by atoms with Crippen LogP contribution in [0.3, 0.4) is 0 Å². The minimum absolute atomic E-state index is 0.0509. The van der Waals surface area contributed by atoms with Crippen LogP contribution in [-0.4, -0.2) is 33.5 Å². The van der Waals surface area contributed by atoms with E-state index in [1.807, 2.05) is 18.2 Å². The average molecular weight is 560 g/mol. The molecule has 0 saturated heterocycles. The van der Waals surface area contributed by atoms with Crippen LogP contribution in [0.4, 0.5) is 0 Å². The number of amides is 1. The highest BCUT2D eigenvalue weighted by Crippen LogP contribution is 2.36. The summed E-state index contributed by atoms with van der Waals surface area (Å²) < 4.78 is 13.4. The first kappa shape index (κ1) is 31.8. The van der Waals surface area contributed by atoms with E-state index in [4.69, 9.17) is 9.16 Å². The molecule has 0 saturated carbocycles. The molecule has 0 aliphatic carbocycles. The number of hydrogen-bond acceptors (Lipinski definition) is 3. The van der Waals surface area contributed by atoms with Crippen molar-refractivity contribution in [2.24, 2.45) is 0 Å². The molecule has 40 heavy (non-hydrogen) atoms. The molecule has 0 aromatic heterocycles. The summed E-state index contributed by atoms with van der Waals surface area (Å²) in [7, 11) is -2.56. The number of carbonyl (C=O) groups excluding carboxylic acids is 1. The fraction of sp³-hybridized carbons (Fsp3) is 0.457. The van der Waals surface area contributed by atoms with Gasteiger partial charge in [0.1, 0.15) is 0 Å². The summed E-state index contributed by atoms with van der Waals surface area (Å²) in [5.41, 5.74) is 1.14. The van der Waals surface area contributed by atoms with Crippen molar-refractivity contribution in [1.29, 1.82) is 0 Å². The summed E-state index contributed by atoms with van der Waals surface area (Å²) in [5.74, 6) is 0.118. The zero-order valence-corrected chi connectivity index (χ0v) is 26.0. The van der Waals surface area contributed by atoms with E-state index in [-0.39, 0.29) is 17.0 Å². The van der Waals surface area contributed by atoms with Gasteiger partial charge in [0.25, 0.3) is 8.32 Å². The second-order valence-corrected chi connectivity index (χ2v) is 16.0. The Hall–Kier alpha value is -2.73. The number of unbranched alkanes of at least 4 members (excludes halogenated alkanes) is 3. The minimum Gasteiger partial charge on any atom is -0.407 e. The van der Waals surface area contributed by atoms with Crippen molar-refractivity contribution in [1.82, 2.24) is 5.32 Å². The van der Waals surface area contributed by atoms with Crippen LogP contribution < -0.4 is 15.7 Å². The van der Waals surface area contributed by atoms with E-state index < -0.39 is 8.32 Å². The highest BCUT2D eigenvalue weighted by Gasteiger charge is 2.49. The summed E-state index contributed by atoms with van der Waals surface area (Å²) in [4.78, 5) is 12.5. The van der Waals surface area contributed by atoms with Gasteiger partial charge in [-0.2, -0.15) is 0 Å². The highest BCUT2D eigenvalue weighted by atomic mass is 28.4. The maximum Gasteiger partial charge on any atom is 0.261 e. The Morgan fingerprint density at radius 1 is 0.800 bits per heavy atom. The van der Waals surface area contributed by atoms with Crippen LogP contribution in [0.15, 0.2) is 91.0 Å². The lowest BCUT2D eigenvalue weighted by atomic mass is 10.1. The van der Waals surface area contributed by atoms with Crippen LogP contribution in [0.2, 0.25) is 5.04 Å². The van der Waals surface area contributed by atoms with Gasteiger partial charge in [0, 0.05) is 19.6 Å². The molecule has 0 spiro atoms. The fourth-order valence-electron chi connectivity index (χ4n) is 5.36. The molecular weight excluding hydrogens is 510 g/mol. The SMILES string of the molecule is CCCCCCC(=O)NCC(CCCO[Si](c1ccccc1)(c1ccccc1)C(C)(C)C)OCc1ccccc1. The summed E-state index contributed by atoms with van der Waals surface area (Å²) in [5, 5.41) is 5.67. The molecule has 1 N–H and O–H groups in total. The Morgan fingerprint density at radius 2 is 1.38 bits per heavy atom. The van der Waals surface area contributed by atoms with Gasteiger partial charge in [-0.25, -0.2) is 0 Å². The van der Waals surface area contributed by atoms with Gasteiger partial charge in [0.05, 0.1) is 12.7 Å². The van der Waals surface area contributed by atoms with Crippen molar-refractivity contribution < 1.29 is 14.0 Å². The molecular formula is C35H49NO3Si. The van der Waals surface area contributed by atoms with Crippen molar-refractivity contribution in [2.45, 2.75) is 90.4 Å². The predicted octanol–water partition coefficient (Wildman–Crippen LogP) is 7.02. The van der Waals surface area contributed by atoms with E-state index in [1.54, 1.807) is 0 Å². The molecule has 3 aromatic rings. The highest BCUT2D eigenvalue weighted by molar-refractivity contribution is 6.99. The van der Waals surface area contributed by atoms with Crippen LogP contribution in [-0.2, 0) is 20.6 Å². The molecule has 4 nitrogen and oxygen atoms in total. The van der Waals surface area contributed by atoms with Gasteiger partial charge in [-0.05, 0) is 40.2 Å². The Bertz CT molecular complexity index is 1060. The molecule has 1 atom stereocenters. The van der Waals surface area contributed by atoms with E-state index in [0.29, 0.717) is 26.2 Å². The monoisotopic (exact) mass is 559 g/mol. The fourth-order valence-corrected chi connectivity index (χ4v) is 9.96. The van der Waals surface area contributed by atoms with Crippen molar-refractivity contribution in [3.63, 3.8) is 0 Å². The van der Waals surface area contributed by atoms with Crippen molar-refractivity contribution in [3.05, 3.63) is 96.6 Å². The Morgan fingerprint density at radius 3 is 1.93 bits per heavy atom. The summed E-state index contributed by atoms with van der Waals surface area (Å²) in [6, 6.07) is 31.8. The molecule has 0 bridgehead atoms. The second-order valence-electron chi connectivity index (χ2n) is 11.7. The number of benzene rings is 3. The molecule has 1 amide bonds. The number of carbonyl (C=O) groups is 1. The Labute approximate surface area is 243 Å². The van der Waals surface area contributed by atoms with E-state index in [9.17, 15) is 4.79 Å². The predicted molar refractivity (Wildman–Crippen MR) is 170 cm³/mol. The average Bonchev–Trinajstić information content (AvgIpc) is 2.97. The maximum atomic E-state index is 12.5. The van der Waals surface area contributed by atoms with Gasteiger partial charge in [-0.15, -0.1) is 0 Å². The molecule has 1 unspecified atom stereocenters. The zero-order chi connectivity index (χ0) is 28.7. The molecule has 5 heteroatoms. The van der Waals surface area contributed by atoms with Crippen LogP contribution in [0.1, 0.15) is 78.2 Å². The van der Waals surface area contributed by atoms with Gasteiger partial charge >= 0.3 is 0 Å². The topological polar surface area (TPSA) is 47.6 Å². The molecule has 0 fully saturated rings. The molecule has 0 radical (unpaired) electrons. The third-order valence-corrected chi connectivity index (χ3v) is 12.6. The minimum atomic E-state index is -2.56. The largest absolute Gasteiger partial charge is 0.407 e. The van der Waals surface area contributed by atoms with Gasteiger partial charge in [-0.1, -0.05) is 138 Å². The van der Waals surface area contributed by atoms with Crippen molar-refractivity contribution >= 4 is 24.6 Å². The lowest BCUT2D eigenvalue weighted by Gasteiger charge is -2.43. The van der Waals surface area contributed by atoms with Crippen molar-refractivity contribution in [3.8, 4) is 0 Å². The van der Waals surface area contributed by atoms with E-state index in [1.165, 1.54) is 23.2 Å². The van der Waals surface area contributed by atoms with Crippen LogP contribution >= 0.6 is 0 Å². The van der Waals surface area contributed by atoms with Gasteiger partial charge in [0.15, 0.2) is 0 Å². The number of rotatable bonds is 17. The number of hydrogen-bond donors (Lipinski definition) is 1. The first-order valence-electron chi connectivity index (χ1n) is 15.0. The third-order valence-electron chi connectivity index (χ3n) is 7.52. The molecule has 3 rings (SSSR count). The Kier molecular flexibility index (Phi) is 13.1. The molecule has 0 heterocycles.